The number of β-amino-alcohol motifs (C(OH)–C–C–N with tert-alkyl or cyclic N) is 1. The Labute approximate surface area is 174 Å². The molecular weight excluding hydrogens is 382 g/mol. The third-order valence-electron chi connectivity index (χ3n) is 5.43. The van der Waals surface area contributed by atoms with Crippen molar-refractivity contribution in [2.75, 3.05) is 19.8 Å². The second-order valence-corrected chi connectivity index (χ2v) is 7.42. The fourth-order valence-electron chi connectivity index (χ4n) is 3.94. The number of unbranched alkanes of at least 4 members (excludes halogenated alkanes) is 2. The molecule has 1 aliphatic rings. The van der Waals surface area contributed by atoms with Crippen LogP contribution >= 0.6 is 0 Å². The van der Waals surface area contributed by atoms with Crippen LogP contribution in [0.1, 0.15) is 53.9 Å². The molecule has 2 heterocycles. The Bertz CT molecular complexity index is 1100. The summed E-state index contributed by atoms with van der Waals surface area (Å²) in [4.78, 5) is 27.7. The highest BCUT2D eigenvalue weighted by Crippen LogP contribution is 2.38. The van der Waals surface area contributed by atoms with Gasteiger partial charge in [-0.2, -0.15) is 0 Å². The molecule has 1 aromatic heterocycles. The molecule has 1 amide bonds. The molecule has 3 aromatic rings. The van der Waals surface area contributed by atoms with E-state index in [1.807, 2.05) is 24.3 Å². The maximum absolute atomic E-state index is 13.2. The zero-order valence-electron chi connectivity index (χ0n) is 17.0. The van der Waals surface area contributed by atoms with Crippen LogP contribution in [0.5, 0.6) is 5.75 Å². The molecule has 1 unspecified atom stereocenters. The predicted octanol–water partition coefficient (Wildman–Crippen LogP) is 3.90. The first-order valence-electron chi connectivity index (χ1n) is 10.4. The topological polar surface area (TPSA) is 80.0 Å². The van der Waals surface area contributed by atoms with Crippen molar-refractivity contribution in [1.82, 2.24) is 4.90 Å². The molecule has 0 aliphatic carbocycles. The van der Waals surface area contributed by atoms with Crippen molar-refractivity contribution in [3.63, 3.8) is 0 Å². The number of aliphatic hydroxyl groups is 1. The van der Waals surface area contributed by atoms with E-state index in [2.05, 4.69) is 6.92 Å². The van der Waals surface area contributed by atoms with Crippen molar-refractivity contribution >= 4 is 16.9 Å². The van der Waals surface area contributed by atoms with Gasteiger partial charge in [-0.3, -0.25) is 9.59 Å². The van der Waals surface area contributed by atoms with Gasteiger partial charge in [0.15, 0.2) is 5.43 Å². The summed E-state index contributed by atoms with van der Waals surface area (Å²) in [6, 6.07) is 13.7. The molecule has 0 spiro atoms. The number of carbonyl (C=O) groups is 1. The van der Waals surface area contributed by atoms with Crippen LogP contribution in [0, 0.1) is 0 Å². The first kappa shape index (κ1) is 20.2. The number of carbonyl (C=O) groups excluding carboxylic acids is 1. The van der Waals surface area contributed by atoms with E-state index in [4.69, 9.17) is 9.15 Å². The van der Waals surface area contributed by atoms with E-state index in [0.29, 0.717) is 23.1 Å². The molecule has 2 aromatic carbocycles. The van der Waals surface area contributed by atoms with Crippen LogP contribution in [0.3, 0.4) is 0 Å². The van der Waals surface area contributed by atoms with Crippen molar-refractivity contribution in [3.05, 3.63) is 75.6 Å². The lowest BCUT2D eigenvalue weighted by atomic mass is 9.98. The van der Waals surface area contributed by atoms with E-state index in [1.54, 1.807) is 24.3 Å². The van der Waals surface area contributed by atoms with Gasteiger partial charge in [0.25, 0.3) is 5.91 Å². The van der Waals surface area contributed by atoms with Crippen molar-refractivity contribution in [2.45, 2.75) is 32.2 Å². The average Bonchev–Trinajstić information content (AvgIpc) is 3.04. The molecule has 156 valence electrons. The van der Waals surface area contributed by atoms with E-state index in [9.17, 15) is 14.7 Å². The third kappa shape index (κ3) is 3.59. The van der Waals surface area contributed by atoms with Crippen LogP contribution in [-0.2, 0) is 0 Å². The lowest BCUT2D eigenvalue weighted by Gasteiger charge is -2.24. The van der Waals surface area contributed by atoms with Crippen LogP contribution in [0.4, 0.5) is 0 Å². The van der Waals surface area contributed by atoms with Crippen LogP contribution in [0.2, 0.25) is 0 Å². The summed E-state index contributed by atoms with van der Waals surface area (Å²) in [5, 5.41) is 9.95. The van der Waals surface area contributed by atoms with Crippen LogP contribution in [-0.4, -0.2) is 35.7 Å². The number of fused-ring (bicyclic) bond motifs is 2. The Hall–Kier alpha value is -3.12. The fourth-order valence-corrected chi connectivity index (χ4v) is 3.94. The highest BCUT2D eigenvalue weighted by molar-refractivity contribution is 5.99. The highest BCUT2D eigenvalue weighted by atomic mass is 16.5. The number of nitrogens with zero attached hydrogens (tertiary/aromatic N) is 1. The minimum Gasteiger partial charge on any atom is -0.494 e. The monoisotopic (exact) mass is 407 g/mol. The van der Waals surface area contributed by atoms with Gasteiger partial charge in [-0.1, -0.05) is 44.0 Å². The fraction of sp³-hybridized carbons (Fsp3) is 0.333. The molecule has 1 aliphatic heterocycles. The summed E-state index contributed by atoms with van der Waals surface area (Å²) in [6.07, 6.45) is 3.26. The molecule has 0 radical (unpaired) electrons. The Morgan fingerprint density at radius 1 is 1.07 bits per heavy atom. The minimum atomic E-state index is -0.602. The SMILES string of the molecule is CCCCCOc1ccc(C2c3c(oc4ccccc4c3=O)C(=O)N2CCO)cc1. The number of rotatable bonds is 8. The molecule has 30 heavy (non-hydrogen) atoms. The molecule has 6 heteroatoms. The summed E-state index contributed by atoms with van der Waals surface area (Å²) >= 11 is 0. The Morgan fingerprint density at radius 3 is 2.57 bits per heavy atom. The summed E-state index contributed by atoms with van der Waals surface area (Å²) in [5.74, 6) is 0.419. The first-order chi connectivity index (χ1) is 14.7. The van der Waals surface area contributed by atoms with Crippen LogP contribution in [0.15, 0.2) is 57.7 Å². The number of ether oxygens (including phenoxy) is 1. The highest BCUT2D eigenvalue weighted by Gasteiger charge is 2.42. The summed E-state index contributed by atoms with van der Waals surface area (Å²) < 4.78 is 11.6. The molecular formula is C24H25NO5. The number of para-hydroxylation sites is 1. The van der Waals surface area contributed by atoms with Gasteiger partial charge in [0.05, 0.1) is 30.2 Å². The summed E-state index contributed by atoms with van der Waals surface area (Å²) in [6.45, 7) is 2.71. The largest absolute Gasteiger partial charge is 0.494 e. The molecule has 1 N–H and O–H groups in total. The lowest BCUT2D eigenvalue weighted by Crippen LogP contribution is -2.32. The van der Waals surface area contributed by atoms with E-state index >= 15 is 0 Å². The van der Waals surface area contributed by atoms with Gasteiger partial charge in [0.2, 0.25) is 5.76 Å². The molecule has 0 saturated heterocycles. The lowest BCUT2D eigenvalue weighted by molar-refractivity contribution is 0.0691. The van der Waals surface area contributed by atoms with Crippen LogP contribution < -0.4 is 10.2 Å². The van der Waals surface area contributed by atoms with Gasteiger partial charge in [-0.05, 0) is 36.2 Å². The molecule has 6 nitrogen and oxygen atoms in total. The minimum absolute atomic E-state index is 0.0528. The number of aliphatic hydroxyl groups excluding tert-OH is 1. The zero-order chi connectivity index (χ0) is 21.1. The van der Waals surface area contributed by atoms with Gasteiger partial charge in [0, 0.05) is 6.54 Å². The predicted molar refractivity (Wildman–Crippen MR) is 114 cm³/mol. The Morgan fingerprint density at radius 2 is 1.83 bits per heavy atom. The molecule has 4 rings (SSSR count). The standard InChI is InChI=1S/C24H25NO5/c1-2-3-6-15-29-17-11-9-16(10-12-17)21-20-22(27)18-7-4-5-8-19(18)30-23(20)24(28)25(21)13-14-26/h4-5,7-12,21,26H,2-3,6,13-15H2,1H3. The first-order valence-corrected chi connectivity index (χ1v) is 10.4. The van der Waals surface area contributed by atoms with Crippen molar-refractivity contribution < 1.29 is 19.1 Å². The summed E-state index contributed by atoms with van der Waals surface area (Å²) in [5.41, 5.74) is 1.27. The second kappa shape index (κ2) is 8.71. The quantitative estimate of drug-likeness (QED) is 0.573. The summed E-state index contributed by atoms with van der Waals surface area (Å²) in [7, 11) is 0. The smallest absolute Gasteiger partial charge is 0.290 e. The van der Waals surface area contributed by atoms with E-state index in [0.717, 1.165) is 30.6 Å². The van der Waals surface area contributed by atoms with Crippen molar-refractivity contribution in [2.24, 2.45) is 0 Å². The van der Waals surface area contributed by atoms with E-state index in [-0.39, 0.29) is 30.2 Å². The van der Waals surface area contributed by atoms with Gasteiger partial charge < -0.3 is 19.2 Å². The maximum Gasteiger partial charge on any atom is 0.290 e. The number of hydrogen-bond donors (Lipinski definition) is 1. The zero-order valence-corrected chi connectivity index (χ0v) is 17.0. The maximum atomic E-state index is 13.2. The van der Waals surface area contributed by atoms with E-state index < -0.39 is 6.04 Å². The molecule has 1 atom stereocenters. The number of amides is 1. The molecule has 0 saturated carbocycles. The van der Waals surface area contributed by atoms with Gasteiger partial charge in [-0.25, -0.2) is 0 Å². The van der Waals surface area contributed by atoms with Gasteiger partial charge >= 0.3 is 0 Å². The third-order valence-corrected chi connectivity index (χ3v) is 5.43. The van der Waals surface area contributed by atoms with Gasteiger partial charge in [0.1, 0.15) is 11.3 Å². The Balaban J connectivity index is 1.73. The van der Waals surface area contributed by atoms with E-state index in [1.165, 1.54) is 4.90 Å². The Kier molecular flexibility index (Phi) is 5.86. The molecule has 0 fully saturated rings. The van der Waals surface area contributed by atoms with Gasteiger partial charge in [-0.15, -0.1) is 0 Å². The number of hydrogen-bond acceptors (Lipinski definition) is 5. The van der Waals surface area contributed by atoms with Crippen molar-refractivity contribution in [3.8, 4) is 5.75 Å². The normalized spacial score (nSPS) is 15.6. The van der Waals surface area contributed by atoms with Crippen LogP contribution in [0.25, 0.3) is 11.0 Å². The molecule has 0 bridgehead atoms. The van der Waals surface area contributed by atoms with Crippen molar-refractivity contribution in [1.29, 1.82) is 0 Å². The average molecular weight is 407 g/mol. The second-order valence-electron chi connectivity index (χ2n) is 7.42. The number of benzene rings is 2.